The zero-order chi connectivity index (χ0) is 32.5. The normalized spacial score (nSPS) is 27.2. The molecule has 46 heavy (non-hydrogen) atoms. The van der Waals surface area contributed by atoms with Gasteiger partial charge in [-0.1, -0.05) is 49.3 Å². The van der Waals surface area contributed by atoms with E-state index in [9.17, 15) is 32.7 Å². The van der Waals surface area contributed by atoms with Crippen LogP contribution in [0.3, 0.4) is 0 Å². The van der Waals surface area contributed by atoms with E-state index in [1.807, 2.05) is 42.5 Å². The monoisotopic (exact) mass is 636 g/mol. The van der Waals surface area contributed by atoms with Crippen LogP contribution in [0.4, 0.5) is 18.9 Å². The van der Waals surface area contributed by atoms with Crippen molar-refractivity contribution in [3.05, 3.63) is 78.5 Å². The minimum absolute atomic E-state index is 0.00595. The van der Waals surface area contributed by atoms with E-state index in [2.05, 4.69) is 15.6 Å². The molecule has 3 N–H and O–H groups in total. The fourth-order valence-electron chi connectivity index (χ4n) is 6.48. The topological polar surface area (TPSA) is 121 Å². The summed E-state index contributed by atoms with van der Waals surface area (Å²) in [6, 6.07) is 12.0. The Bertz CT molecular complexity index is 1660. The number of rotatable bonds is 5. The smallest absolute Gasteiger partial charge is 0.416 e. The molecule has 2 amide bonds. The van der Waals surface area contributed by atoms with E-state index >= 15 is 0 Å². The number of allylic oxidation sites excluding steroid dienone is 1. The lowest BCUT2D eigenvalue weighted by Gasteiger charge is -2.30. The van der Waals surface area contributed by atoms with Crippen LogP contribution in [0, 0.1) is 5.92 Å². The molecule has 1 saturated carbocycles. The quantitative estimate of drug-likeness (QED) is 0.314. The summed E-state index contributed by atoms with van der Waals surface area (Å²) in [4.78, 5) is 46.2. The number of aromatic nitrogens is 1. The first kappa shape index (κ1) is 31.4. The van der Waals surface area contributed by atoms with Gasteiger partial charge in [-0.05, 0) is 61.4 Å². The molecule has 2 aromatic carbocycles. The summed E-state index contributed by atoms with van der Waals surface area (Å²) in [6.07, 6.45) is 3.66. The molecule has 2 aliphatic heterocycles. The van der Waals surface area contributed by atoms with Crippen molar-refractivity contribution in [2.24, 2.45) is 5.92 Å². The fraction of sp³-hybridized carbons (Fsp3) is 0.412. The molecule has 1 aliphatic carbocycles. The summed E-state index contributed by atoms with van der Waals surface area (Å²) < 4.78 is 46.7. The fourth-order valence-corrected chi connectivity index (χ4v) is 6.48. The summed E-state index contributed by atoms with van der Waals surface area (Å²) in [5.74, 6) is -2.26. The summed E-state index contributed by atoms with van der Waals surface area (Å²) in [5, 5.41) is 17.5. The number of ether oxygens (including phenoxy) is 1. The number of carbonyl (C=O) groups excluding carboxylic acids is 2. The van der Waals surface area contributed by atoms with E-state index in [1.165, 1.54) is 17.0 Å². The van der Waals surface area contributed by atoms with Crippen LogP contribution >= 0.6 is 0 Å². The third-order valence-electron chi connectivity index (χ3n) is 9.07. The van der Waals surface area contributed by atoms with E-state index in [1.54, 1.807) is 6.20 Å². The third kappa shape index (κ3) is 6.52. The maximum absolute atomic E-state index is 14.3. The minimum Gasteiger partial charge on any atom is -0.479 e. The standard InChI is InChI=1S/C34H35F3N4O5/c35-34(36,37)22-11-8-12-24(17-22)39-27-14-5-3-1-2-4-10-23-19-33(23,32(44)45)40-29(42)28-18-25(20-41(28)31(27)43)46-30-26-13-7-6-9-21(26)15-16-38-30/h4,6-13,15-17,23,25,27-28,39H,1-3,5,14,18-20H2,(H,40,42)(H,44,45)/t23-,25-,27+,28+,33-/m1/s1. The molecule has 3 aliphatic rings. The van der Waals surface area contributed by atoms with Crippen LogP contribution in [0.25, 0.3) is 10.8 Å². The van der Waals surface area contributed by atoms with E-state index < -0.39 is 53.2 Å². The number of alkyl halides is 3. The van der Waals surface area contributed by atoms with Crippen LogP contribution in [-0.2, 0) is 20.6 Å². The van der Waals surface area contributed by atoms with E-state index in [0.717, 1.165) is 35.7 Å². The number of carboxylic acids is 1. The predicted octanol–water partition coefficient (Wildman–Crippen LogP) is 5.56. The number of carboxylic acid groups (broad SMARTS) is 1. The minimum atomic E-state index is -4.56. The number of pyridine rings is 1. The van der Waals surface area contributed by atoms with Crippen molar-refractivity contribution in [2.45, 2.75) is 74.8 Å². The number of carbonyl (C=O) groups is 3. The van der Waals surface area contributed by atoms with Gasteiger partial charge in [0.25, 0.3) is 0 Å². The maximum atomic E-state index is 14.3. The second-order valence-electron chi connectivity index (χ2n) is 12.2. The van der Waals surface area contributed by atoms with Crippen LogP contribution < -0.4 is 15.4 Å². The summed E-state index contributed by atoms with van der Waals surface area (Å²) >= 11 is 0. The van der Waals surface area contributed by atoms with Gasteiger partial charge in [-0.15, -0.1) is 0 Å². The lowest BCUT2D eigenvalue weighted by atomic mass is 10.0. The highest BCUT2D eigenvalue weighted by Gasteiger charge is 2.61. The second kappa shape index (κ2) is 12.6. The Morgan fingerprint density at radius 3 is 2.72 bits per heavy atom. The molecular weight excluding hydrogens is 601 g/mol. The SMILES string of the molecule is O=C1N[C@]2(C(=O)O)C[C@H]2C=CCCCCC[C@H](Nc2cccc(C(F)(F)F)c2)C(=O)N2C[C@H](Oc3nccc4ccccc34)C[C@@H]12. The van der Waals surface area contributed by atoms with Gasteiger partial charge in [-0.25, -0.2) is 9.78 Å². The lowest BCUT2D eigenvalue weighted by Crippen LogP contribution is -2.55. The predicted molar refractivity (Wildman–Crippen MR) is 164 cm³/mol. The molecular formula is C34H35F3N4O5. The van der Waals surface area contributed by atoms with Crippen molar-refractivity contribution in [3.63, 3.8) is 0 Å². The zero-order valence-corrected chi connectivity index (χ0v) is 25.0. The highest BCUT2D eigenvalue weighted by Crippen LogP contribution is 2.45. The highest BCUT2D eigenvalue weighted by atomic mass is 19.4. The van der Waals surface area contributed by atoms with Crippen molar-refractivity contribution < 1.29 is 37.4 Å². The van der Waals surface area contributed by atoms with Crippen LogP contribution in [-0.4, -0.2) is 63.0 Å². The molecule has 3 aromatic rings. The number of benzene rings is 2. The van der Waals surface area contributed by atoms with Crippen molar-refractivity contribution in [2.75, 3.05) is 11.9 Å². The molecule has 1 saturated heterocycles. The van der Waals surface area contributed by atoms with Crippen molar-refractivity contribution in [1.29, 1.82) is 0 Å². The van der Waals surface area contributed by atoms with Crippen LogP contribution in [0.2, 0.25) is 0 Å². The number of halogens is 3. The van der Waals surface area contributed by atoms with Crippen molar-refractivity contribution in [3.8, 4) is 5.88 Å². The average molecular weight is 637 g/mol. The van der Waals surface area contributed by atoms with Gasteiger partial charge in [0.15, 0.2) is 0 Å². The first-order valence-electron chi connectivity index (χ1n) is 15.5. The average Bonchev–Trinajstić information content (AvgIpc) is 3.56. The first-order chi connectivity index (χ1) is 22.0. The van der Waals surface area contributed by atoms with Crippen molar-refractivity contribution in [1.82, 2.24) is 15.2 Å². The second-order valence-corrected chi connectivity index (χ2v) is 12.2. The Balaban J connectivity index is 1.31. The molecule has 5 atom stereocenters. The van der Waals surface area contributed by atoms with Gasteiger partial charge in [0.2, 0.25) is 17.7 Å². The molecule has 9 nitrogen and oxygen atoms in total. The number of aliphatic carboxylic acids is 1. The van der Waals surface area contributed by atoms with Gasteiger partial charge in [-0.2, -0.15) is 13.2 Å². The van der Waals surface area contributed by atoms with Gasteiger partial charge in [0, 0.05) is 29.6 Å². The lowest BCUT2D eigenvalue weighted by molar-refractivity contribution is -0.145. The van der Waals surface area contributed by atoms with E-state index in [-0.39, 0.29) is 31.0 Å². The number of anilines is 1. The summed E-state index contributed by atoms with van der Waals surface area (Å²) in [5.41, 5.74) is -2.18. The van der Waals surface area contributed by atoms with Crippen molar-refractivity contribution >= 4 is 34.2 Å². The van der Waals surface area contributed by atoms with Crippen LogP contribution in [0.15, 0.2) is 72.9 Å². The number of amides is 2. The highest BCUT2D eigenvalue weighted by molar-refractivity contribution is 5.96. The Hall–Kier alpha value is -4.61. The molecule has 0 radical (unpaired) electrons. The Labute approximate surface area is 263 Å². The molecule has 12 heteroatoms. The maximum Gasteiger partial charge on any atom is 0.416 e. The Morgan fingerprint density at radius 1 is 1.09 bits per heavy atom. The number of fused-ring (bicyclic) bond motifs is 3. The van der Waals surface area contributed by atoms with Gasteiger partial charge in [0.05, 0.1) is 12.1 Å². The van der Waals surface area contributed by atoms with Gasteiger partial charge in [-0.3, -0.25) is 9.59 Å². The van der Waals surface area contributed by atoms with Gasteiger partial charge >= 0.3 is 12.1 Å². The van der Waals surface area contributed by atoms with Crippen LogP contribution in [0.1, 0.15) is 50.5 Å². The number of nitrogens with one attached hydrogen (secondary N) is 2. The molecule has 0 spiro atoms. The third-order valence-corrected chi connectivity index (χ3v) is 9.07. The first-order valence-corrected chi connectivity index (χ1v) is 15.5. The summed E-state index contributed by atoms with van der Waals surface area (Å²) in [6.45, 7) is 0.00595. The van der Waals surface area contributed by atoms with Gasteiger partial charge < -0.3 is 25.4 Å². The Kier molecular flexibility index (Phi) is 8.63. The zero-order valence-electron chi connectivity index (χ0n) is 25.0. The number of nitrogens with zero attached hydrogens (tertiary/aromatic N) is 2. The van der Waals surface area contributed by atoms with Gasteiger partial charge in [0.1, 0.15) is 23.7 Å². The van der Waals surface area contributed by atoms with E-state index in [4.69, 9.17) is 4.74 Å². The summed E-state index contributed by atoms with van der Waals surface area (Å²) in [7, 11) is 0. The molecule has 0 unspecified atom stereocenters. The largest absolute Gasteiger partial charge is 0.479 e. The number of hydrogen-bond acceptors (Lipinski definition) is 6. The molecule has 1 aromatic heterocycles. The molecule has 2 fully saturated rings. The molecule has 242 valence electrons. The Morgan fingerprint density at radius 2 is 1.91 bits per heavy atom. The van der Waals surface area contributed by atoms with Crippen LogP contribution in [0.5, 0.6) is 5.88 Å². The molecule has 0 bridgehead atoms. The molecule has 6 rings (SSSR count). The van der Waals surface area contributed by atoms with E-state index in [0.29, 0.717) is 25.1 Å². The molecule has 3 heterocycles. The number of hydrogen-bond donors (Lipinski definition) is 3.